The number of nitrogens with two attached hydrogens (primary N) is 1. The maximum absolute atomic E-state index is 12.1. The molecule has 1 atom stereocenters. The fraction of sp³-hybridized carbons (Fsp3) is 0.500. The lowest BCUT2D eigenvalue weighted by atomic mass is 10.1. The van der Waals surface area contributed by atoms with Gasteiger partial charge in [0.15, 0.2) is 0 Å². The van der Waals surface area contributed by atoms with Gasteiger partial charge in [-0.25, -0.2) is 0 Å². The molecule has 138 valence electrons. The molecule has 7 nitrogen and oxygen atoms in total. The Balaban J connectivity index is 2.30. The van der Waals surface area contributed by atoms with Gasteiger partial charge in [-0.1, -0.05) is 6.92 Å². The lowest BCUT2D eigenvalue weighted by Crippen LogP contribution is -2.43. The molecule has 5 N–H and O–H groups in total. The molecule has 0 bridgehead atoms. The highest BCUT2D eigenvalue weighted by Gasteiger charge is 2.15. The Morgan fingerprint density at radius 1 is 1.08 bits per heavy atom. The van der Waals surface area contributed by atoms with Crippen LogP contribution in [0.15, 0.2) is 24.3 Å². The van der Waals surface area contributed by atoms with Crippen LogP contribution in [0.3, 0.4) is 0 Å². The average Bonchev–Trinajstić information content (AvgIpc) is 2.58. The molecule has 1 unspecified atom stereocenters. The van der Waals surface area contributed by atoms with E-state index < -0.39 is 11.9 Å². The number of anilines is 1. The summed E-state index contributed by atoms with van der Waals surface area (Å²) in [5, 5.41) is 8.61. The molecule has 0 aliphatic heterocycles. The van der Waals surface area contributed by atoms with Crippen LogP contribution in [0.2, 0.25) is 0 Å². The molecule has 3 amide bonds. The van der Waals surface area contributed by atoms with Gasteiger partial charge < -0.3 is 21.7 Å². The number of hydrogen-bond acceptors (Lipinski definition) is 4. The lowest BCUT2D eigenvalue weighted by Gasteiger charge is -2.14. The summed E-state index contributed by atoms with van der Waals surface area (Å²) in [5.41, 5.74) is 6.84. The molecule has 0 spiro atoms. The van der Waals surface area contributed by atoms with Crippen molar-refractivity contribution in [2.24, 2.45) is 5.73 Å². The second-order valence-corrected chi connectivity index (χ2v) is 5.91. The summed E-state index contributed by atoms with van der Waals surface area (Å²) in [6.07, 6.45) is 2.88. The van der Waals surface area contributed by atoms with Crippen LogP contribution in [-0.4, -0.2) is 36.9 Å². The Bertz CT molecular complexity index is 572. The van der Waals surface area contributed by atoms with Crippen molar-refractivity contribution in [3.05, 3.63) is 29.8 Å². The summed E-state index contributed by atoms with van der Waals surface area (Å²) in [5.74, 6) is -0.958. The van der Waals surface area contributed by atoms with Gasteiger partial charge in [-0.3, -0.25) is 14.4 Å². The topological polar surface area (TPSA) is 113 Å². The van der Waals surface area contributed by atoms with Gasteiger partial charge in [0.25, 0.3) is 5.91 Å². The molecule has 0 saturated heterocycles. The van der Waals surface area contributed by atoms with Crippen molar-refractivity contribution in [2.45, 2.75) is 45.6 Å². The van der Waals surface area contributed by atoms with Crippen molar-refractivity contribution in [1.29, 1.82) is 0 Å². The van der Waals surface area contributed by atoms with Gasteiger partial charge >= 0.3 is 0 Å². The summed E-state index contributed by atoms with van der Waals surface area (Å²) < 4.78 is 0. The first-order valence-electron chi connectivity index (χ1n) is 8.62. The van der Waals surface area contributed by atoms with E-state index in [1.54, 1.807) is 12.1 Å². The molecule has 0 saturated carbocycles. The first-order chi connectivity index (χ1) is 11.9. The van der Waals surface area contributed by atoms with Crippen molar-refractivity contribution in [2.75, 3.05) is 18.4 Å². The molecule has 0 heterocycles. The van der Waals surface area contributed by atoms with Crippen LogP contribution in [0.5, 0.6) is 0 Å². The highest BCUT2D eigenvalue weighted by Crippen LogP contribution is 2.09. The molecule has 1 aromatic rings. The van der Waals surface area contributed by atoms with Gasteiger partial charge in [0.1, 0.15) is 6.04 Å². The summed E-state index contributed by atoms with van der Waals surface area (Å²) in [6, 6.07) is 6.68. The normalized spacial score (nSPS) is 11.4. The Labute approximate surface area is 148 Å². The minimum absolute atomic E-state index is 0.129. The van der Waals surface area contributed by atoms with Crippen LogP contribution in [0.1, 0.15) is 49.9 Å². The van der Waals surface area contributed by atoms with Crippen LogP contribution in [0.4, 0.5) is 5.69 Å². The number of primary amides is 1. The molecule has 1 rings (SSSR count). The summed E-state index contributed by atoms with van der Waals surface area (Å²) in [7, 11) is 0. The Hall–Kier alpha value is -2.57. The van der Waals surface area contributed by atoms with Gasteiger partial charge in [-0.2, -0.15) is 0 Å². The van der Waals surface area contributed by atoms with Gasteiger partial charge in [0.05, 0.1) is 0 Å². The number of hydrogen-bond donors (Lipinski definition) is 4. The maximum Gasteiger partial charge on any atom is 0.251 e. The SMILES string of the molecule is CCCNc1ccc(C(=O)NCCCCC(NC(C)=O)C(N)=O)cc1. The third-order valence-electron chi connectivity index (χ3n) is 3.65. The number of carbonyl (C=O) groups is 3. The molecular formula is C18H28N4O3. The van der Waals surface area contributed by atoms with E-state index in [0.29, 0.717) is 31.4 Å². The Morgan fingerprint density at radius 2 is 1.76 bits per heavy atom. The minimum atomic E-state index is -0.656. The van der Waals surface area contributed by atoms with Gasteiger partial charge in [-0.15, -0.1) is 0 Å². The van der Waals surface area contributed by atoms with E-state index in [-0.39, 0.29) is 11.8 Å². The standard InChI is InChI=1S/C18H28N4O3/c1-3-11-20-15-9-7-14(8-10-15)18(25)21-12-5-4-6-16(17(19)24)22-13(2)23/h7-10,16,20H,3-6,11-12H2,1-2H3,(H2,19,24)(H,21,25)(H,22,23). The molecule has 0 aromatic heterocycles. The second kappa shape index (κ2) is 11.1. The van der Waals surface area contributed by atoms with Gasteiger partial charge in [0.2, 0.25) is 11.8 Å². The van der Waals surface area contributed by atoms with Crippen LogP contribution in [0.25, 0.3) is 0 Å². The zero-order valence-corrected chi connectivity index (χ0v) is 14.9. The zero-order chi connectivity index (χ0) is 18.7. The van der Waals surface area contributed by atoms with Crippen LogP contribution in [-0.2, 0) is 9.59 Å². The highest BCUT2D eigenvalue weighted by molar-refractivity contribution is 5.94. The Kier molecular flexibility index (Phi) is 9.06. The second-order valence-electron chi connectivity index (χ2n) is 5.91. The van der Waals surface area contributed by atoms with Crippen molar-refractivity contribution in [1.82, 2.24) is 10.6 Å². The molecular weight excluding hydrogens is 320 g/mol. The van der Waals surface area contributed by atoms with Crippen molar-refractivity contribution < 1.29 is 14.4 Å². The van der Waals surface area contributed by atoms with Crippen LogP contribution >= 0.6 is 0 Å². The van der Waals surface area contributed by atoms with E-state index in [4.69, 9.17) is 5.73 Å². The predicted octanol–water partition coefficient (Wildman–Crippen LogP) is 1.40. The average molecular weight is 348 g/mol. The first kappa shape index (κ1) is 20.5. The smallest absolute Gasteiger partial charge is 0.251 e. The van der Waals surface area contributed by atoms with E-state index in [0.717, 1.165) is 18.7 Å². The third-order valence-corrected chi connectivity index (χ3v) is 3.65. The molecule has 25 heavy (non-hydrogen) atoms. The summed E-state index contributed by atoms with van der Waals surface area (Å²) in [4.78, 5) is 34.3. The van der Waals surface area contributed by atoms with E-state index >= 15 is 0 Å². The van der Waals surface area contributed by atoms with E-state index in [1.807, 2.05) is 12.1 Å². The van der Waals surface area contributed by atoms with Crippen LogP contribution in [0, 0.1) is 0 Å². The molecule has 0 radical (unpaired) electrons. The quantitative estimate of drug-likeness (QED) is 0.453. The fourth-order valence-electron chi connectivity index (χ4n) is 2.32. The van der Waals surface area contributed by atoms with Crippen molar-refractivity contribution in [3.8, 4) is 0 Å². The third kappa shape index (κ3) is 8.19. The highest BCUT2D eigenvalue weighted by atomic mass is 16.2. The first-order valence-corrected chi connectivity index (χ1v) is 8.62. The van der Waals surface area contributed by atoms with Gasteiger partial charge in [0, 0.05) is 31.3 Å². The summed E-state index contributed by atoms with van der Waals surface area (Å²) in [6.45, 7) is 4.84. The fourth-order valence-corrected chi connectivity index (χ4v) is 2.32. The van der Waals surface area contributed by atoms with E-state index in [9.17, 15) is 14.4 Å². The minimum Gasteiger partial charge on any atom is -0.385 e. The molecule has 0 aliphatic carbocycles. The number of carbonyl (C=O) groups excluding carboxylic acids is 3. The number of nitrogens with one attached hydrogen (secondary N) is 3. The molecule has 0 fully saturated rings. The molecule has 7 heteroatoms. The zero-order valence-electron chi connectivity index (χ0n) is 14.9. The predicted molar refractivity (Wildman–Crippen MR) is 98.2 cm³/mol. The number of unbranched alkanes of at least 4 members (excludes halogenated alkanes) is 1. The Morgan fingerprint density at radius 3 is 2.32 bits per heavy atom. The largest absolute Gasteiger partial charge is 0.385 e. The van der Waals surface area contributed by atoms with Crippen LogP contribution < -0.4 is 21.7 Å². The summed E-state index contributed by atoms with van der Waals surface area (Å²) >= 11 is 0. The number of amides is 3. The lowest BCUT2D eigenvalue weighted by molar-refractivity contribution is -0.126. The van der Waals surface area contributed by atoms with Gasteiger partial charge in [-0.05, 0) is 49.9 Å². The number of rotatable bonds is 11. The monoisotopic (exact) mass is 348 g/mol. The maximum atomic E-state index is 12.1. The molecule has 1 aromatic carbocycles. The van der Waals surface area contributed by atoms with Crippen molar-refractivity contribution >= 4 is 23.4 Å². The number of benzene rings is 1. The van der Waals surface area contributed by atoms with E-state index in [1.165, 1.54) is 6.92 Å². The van der Waals surface area contributed by atoms with Crippen molar-refractivity contribution in [3.63, 3.8) is 0 Å². The molecule has 0 aliphatic rings. The van der Waals surface area contributed by atoms with E-state index in [2.05, 4.69) is 22.9 Å².